The molecule has 0 aromatic heterocycles. The van der Waals surface area contributed by atoms with Crippen LogP contribution in [0.2, 0.25) is 5.54 Å². The molecule has 0 N–H and O–H groups in total. The number of hydrogen-bond acceptors (Lipinski definition) is 0. The first-order chi connectivity index (χ1) is 23.2. The van der Waals surface area contributed by atoms with Crippen LogP contribution in [0, 0.1) is 0 Å². The van der Waals surface area contributed by atoms with Gasteiger partial charge in [-0.05, 0) is 120 Å². The first-order valence-electron chi connectivity index (χ1n) is 20.1. The first kappa shape index (κ1) is 42.1. The maximum atomic E-state index is 2.67. The van der Waals surface area contributed by atoms with E-state index in [1.807, 2.05) is 0 Å². The molecule has 284 valence electrons. The topological polar surface area (TPSA) is 0 Å². The lowest BCUT2D eigenvalue weighted by Crippen LogP contribution is -2.71. The molecule has 3 aromatic carbocycles. The van der Waals surface area contributed by atoms with E-state index in [9.17, 15) is 0 Å². The maximum Gasteiger partial charge on any atom is 0.159 e. The van der Waals surface area contributed by atoms with Crippen molar-refractivity contribution in [1.29, 1.82) is 0 Å². The Bertz CT molecular complexity index is 1590. The van der Waals surface area contributed by atoms with Crippen molar-refractivity contribution in [1.82, 2.24) is 0 Å². The number of rotatable bonds is 4. The van der Waals surface area contributed by atoms with E-state index in [1.54, 1.807) is 26.7 Å². The molecule has 1 heteroatoms. The molecule has 0 nitrogen and oxygen atoms in total. The van der Waals surface area contributed by atoms with Crippen LogP contribution in [-0.2, 0) is 32.5 Å². The molecule has 3 aromatic rings. The fourth-order valence-corrected chi connectivity index (χ4v) is 14.2. The van der Waals surface area contributed by atoms with Crippen molar-refractivity contribution in [3.05, 3.63) is 110 Å². The summed E-state index contributed by atoms with van der Waals surface area (Å²) in [6.45, 7) is 52.9. The van der Waals surface area contributed by atoms with Crippen LogP contribution in [0.1, 0.15) is 186 Å². The highest BCUT2D eigenvalue weighted by Crippen LogP contribution is 2.48. The van der Waals surface area contributed by atoms with Gasteiger partial charge in [-0.15, -0.1) is 0 Å². The van der Waals surface area contributed by atoms with Crippen LogP contribution in [0.5, 0.6) is 0 Å². The monoisotopic (exact) mass is 717 g/mol. The zero-order valence-electron chi connectivity index (χ0n) is 37.8. The summed E-state index contributed by atoms with van der Waals surface area (Å²) in [5.41, 5.74) is 15.0. The summed E-state index contributed by atoms with van der Waals surface area (Å²) in [5, 5.41) is 4.65. The Morgan fingerprint density at radius 2 is 0.481 bits per heavy atom. The van der Waals surface area contributed by atoms with E-state index in [0.717, 1.165) is 0 Å². The smallest absolute Gasteiger partial charge is 0.0647 e. The molecule has 1 aliphatic carbocycles. The average molecular weight is 717 g/mol. The molecular weight excluding hydrogens is 641 g/mol. The molecule has 0 saturated heterocycles. The Morgan fingerprint density at radius 3 is 0.635 bits per heavy atom. The van der Waals surface area contributed by atoms with Crippen molar-refractivity contribution in [3.63, 3.8) is 0 Å². The second-order valence-corrected chi connectivity index (χ2v) is 26.7. The standard InChI is InChI=1S/C51H76Si/c1-32-33(2)35(4)45(34(32)3)52(42-26-36(46(5,6)7)23-37(27-42)47(8,9)10,43-28-38(48(11,12)13)24-39(29-43)49(14,15)16)44-30-40(50(17,18)19)25-41(31-44)51(20,21)22/h23-31,45H,1-22H3. The van der Waals surface area contributed by atoms with Crippen molar-refractivity contribution < 1.29 is 0 Å². The van der Waals surface area contributed by atoms with Crippen LogP contribution >= 0.6 is 0 Å². The maximum absolute atomic E-state index is 2.98. The molecule has 0 heterocycles. The fourth-order valence-electron chi connectivity index (χ4n) is 8.16. The second kappa shape index (κ2) is 13.3. The summed E-state index contributed by atoms with van der Waals surface area (Å²) in [6, 6.07) is 23.6. The third-order valence-corrected chi connectivity index (χ3v) is 17.7. The lowest BCUT2D eigenvalue weighted by molar-refractivity contribution is 0.569. The molecule has 0 bridgehead atoms. The van der Waals surface area contributed by atoms with E-state index in [2.05, 4.69) is 207 Å². The van der Waals surface area contributed by atoms with Crippen LogP contribution in [0.4, 0.5) is 0 Å². The summed E-state index contributed by atoms with van der Waals surface area (Å²) in [7, 11) is -2.98. The van der Waals surface area contributed by atoms with Gasteiger partial charge in [0.05, 0.1) is 0 Å². The van der Waals surface area contributed by atoms with E-state index in [1.165, 1.54) is 44.5 Å². The summed E-state index contributed by atoms with van der Waals surface area (Å²) in [6.07, 6.45) is 0. The van der Waals surface area contributed by atoms with Gasteiger partial charge in [0, 0.05) is 5.54 Å². The van der Waals surface area contributed by atoms with Gasteiger partial charge in [0.25, 0.3) is 0 Å². The molecule has 0 atom stereocenters. The lowest BCUT2D eigenvalue weighted by Gasteiger charge is -2.44. The summed E-state index contributed by atoms with van der Waals surface area (Å²) >= 11 is 0. The highest BCUT2D eigenvalue weighted by atomic mass is 28.3. The Labute approximate surface area is 323 Å². The third kappa shape index (κ3) is 7.92. The Morgan fingerprint density at radius 1 is 0.308 bits per heavy atom. The van der Waals surface area contributed by atoms with Crippen molar-refractivity contribution >= 4 is 23.6 Å². The zero-order chi connectivity index (χ0) is 39.9. The highest BCUT2D eigenvalue weighted by molar-refractivity contribution is 7.13. The molecule has 0 amide bonds. The lowest BCUT2D eigenvalue weighted by atomic mass is 9.80. The molecule has 4 rings (SSSR count). The van der Waals surface area contributed by atoms with Gasteiger partial charge in [-0.1, -0.05) is 190 Å². The number of allylic oxidation sites excluding steroid dienone is 4. The molecule has 0 fully saturated rings. The van der Waals surface area contributed by atoms with Crippen molar-refractivity contribution in [3.8, 4) is 0 Å². The molecule has 1 aliphatic rings. The SMILES string of the molecule is CC1=C(C)C([Si](c2cc(C(C)(C)C)cc(C(C)(C)C)c2)(c2cc(C(C)(C)C)cc(C(C)(C)C)c2)c2cc(C(C)(C)C)cc(C(C)(C)C)c2)C(C)=C1C. The largest absolute Gasteiger partial charge is 0.159 e. The summed E-state index contributed by atoms with van der Waals surface area (Å²) in [4.78, 5) is 0. The molecule has 0 radical (unpaired) electrons. The second-order valence-electron chi connectivity index (χ2n) is 22.8. The molecule has 0 spiro atoms. The van der Waals surface area contributed by atoms with Crippen molar-refractivity contribution in [2.45, 2.75) is 190 Å². The Kier molecular flexibility index (Phi) is 10.8. The molecule has 0 aliphatic heterocycles. The van der Waals surface area contributed by atoms with Crippen LogP contribution in [0.15, 0.2) is 76.9 Å². The number of benzene rings is 3. The van der Waals surface area contributed by atoms with E-state index >= 15 is 0 Å². The molecule has 0 unspecified atom stereocenters. The van der Waals surface area contributed by atoms with Crippen molar-refractivity contribution in [2.24, 2.45) is 0 Å². The average Bonchev–Trinajstić information content (AvgIpc) is 3.17. The van der Waals surface area contributed by atoms with Crippen molar-refractivity contribution in [2.75, 3.05) is 0 Å². The van der Waals surface area contributed by atoms with Crippen LogP contribution in [-0.4, -0.2) is 8.07 Å². The zero-order valence-corrected chi connectivity index (χ0v) is 38.8. The van der Waals surface area contributed by atoms with Gasteiger partial charge < -0.3 is 0 Å². The van der Waals surface area contributed by atoms with Gasteiger partial charge in [-0.2, -0.15) is 0 Å². The minimum absolute atomic E-state index is 0.00107. The van der Waals surface area contributed by atoms with Crippen LogP contribution < -0.4 is 15.6 Å². The molecule has 0 saturated carbocycles. The van der Waals surface area contributed by atoms with E-state index < -0.39 is 8.07 Å². The normalized spacial score (nSPS) is 16.0. The number of hydrogen-bond donors (Lipinski definition) is 0. The van der Waals surface area contributed by atoms with Crippen LogP contribution in [0.25, 0.3) is 0 Å². The predicted molar refractivity (Wildman–Crippen MR) is 237 cm³/mol. The molecular formula is C51H76Si. The van der Waals surface area contributed by atoms with E-state index in [4.69, 9.17) is 0 Å². The Hall–Kier alpha value is -2.64. The van der Waals surface area contributed by atoms with Gasteiger partial charge in [0.1, 0.15) is 0 Å². The minimum atomic E-state index is -2.98. The fraction of sp³-hybridized carbons (Fsp3) is 0.569. The third-order valence-electron chi connectivity index (χ3n) is 12.4. The van der Waals surface area contributed by atoms with Gasteiger partial charge >= 0.3 is 0 Å². The predicted octanol–water partition coefficient (Wildman–Crippen LogP) is 13.0. The minimum Gasteiger partial charge on any atom is -0.0647 e. The van der Waals surface area contributed by atoms with Gasteiger partial charge in [0.2, 0.25) is 0 Å². The van der Waals surface area contributed by atoms with Gasteiger partial charge in [-0.25, -0.2) is 0 Å². The van der Waals surface area contributed by atoms with Gasteiger partial charge in [-0.3, -0.25) is 0 Å². The summed E-state index contributed by atoms with van der Waals surface area (Å²) < 4.78 is 0. The van der Waals surface area contributed by atoms with Crippen LogP contribution in [0.3, 0.4) is 0 Å². The van der Waals surface area contributed by atoms with E-state index in [0.29, 0.717) is 5.54 Å². The molecule has 52 heavy (non-hydrogen) atoms. The summed E-state index contributed by atoms with van der Waals surface area (Å²) in [5.74, 6) is 0. The highest BCUT2D eigenvalue weighted by Gasteiger charge is 2.52. The first-order valence-corrected chi connectivity index (χ1v) is 22.1. The quantitative estimate of drug-likeness (QED) is 0.186. The van der Waals surface area contributed by atoms with E-state index in [-0.39, 0.29) is 32.5 Å². The van der Waals surface area contributed by atoms with Gasteiger partial charge in [0.15, 0.2) is 8.07 Å². The Balaban J connectivity index is 2.53.